The molecule has 0 aliphatic heterocycles. The minimum atomic E-state index is -1.40. The number of carbonyl (C=O) groups excluding carboxylic acids is 1. The summed E-state index contributed by atoms with van der Waals surface area (Å²) in [6, 6.07) is 3.62. The van der Waals surface area contributed by atoms with Gasteiger partial charge in [-0.2, -0.15) is 9.90 Å². The number of benzene rings is 1. The molecule has 0 radical (unpaired) electrons. The number of hydrogen-bond acceptors (Lipinski definition) is 2. The number of ketones is 1. The summed E-state index contributed by atoms with van der Waals surface area (Å²) in [5.41, 5.74) is 2.77. The molecule has 88 valence electrons. The van der Waals surface area contributed by atoms with E-state index >= 15 is 0 Å². The smallest absolute Gasteiger partial charge is 1.00 e. The number of carbonyl (C=O) groups is 2. The first-order valence-electron chi connectivity index (χ1n) is 4.29. The first kappa shape index (κ1) is 28.0. The van der Waals surface area contributed by atoms with Gasteiger partial charge in [-0.15, -0.1) is 0 Å². The Balaban J connectivity index is -0.0000000560. The Morgan fingerprint density at radius 2 is 1.33 bits per heavy atom. The van der Waals surface area contributed by atoms with Gasteiger partial charge in [0.05, 0.1) is 0 Å². The van der Waals surface area contributed by atoms with E-state index in [1.807, 2.05) is 19.1 Å². The fourth-order valence-electron chi connectivity index (χ4n) is 1.65. The Bertz CT molecular complexity index is 411. The van der Waals surface area contributed by atoms with E-state index in [9.17, 15) is 9.59 Å². The number of carboxylic acid groups (broad SMARTS) is 1. The fourth-order valence-corrected chi connectivity index (χ4v) is 1.65. The predicted molar refractivity (Wildman–Crippen MR) is 67.1 cm³/mol. The van der Waals surface area contributed by atoms with Gasteiger partial charge in [0.2, 0.25) is 0 Å². The zero-order valence-corrected chi connectivity index (χ0v) is 19.5. The van der Waals surface area contributed by atoms with Crippen LogP contribution in [-0.2, 0) is 4.79 Å². The fraction of sp³-hybridized carbons (Fsp3) is 0.273. The zero-order valence-electron chi connectivity index (χ0n) is 15.1. The van der Waals surface area contributed by atoms with Gasteiger partial charge in [-0.1, -0.05) is 17.7 Å². The summed E-state index contributed by atoms with van der Waals surface area (Å²) < 4.78 is 0. The number of aryl methyl sites for hydroxylation is 3. The molecular formula is C11H18Na3O3P. The summed E-state index contributed by atoms with van der Waals surface area (Å²) in [6.07, 6.45) is 0. The van der Waals surface area contributed by atoms with E-state index in [-0.39, 0.29) is 103 Å². The number of carboxylic acids is 1. The first-order valence-corrected chi connectivity index (χ1v) is 4.29. The molecule has 0 bridgehead atoms. The van der Waals surface area contributed by atoms with E-state index in [4.69, 9.17) is 5.11 Å². The third kappa shape index (κ3) is 7.54. The van der Waals surface area contributed by atoms with Crippen LogP contribution in [0.3, 0.4) is 0 Å². The summed E-state index contributed by atoms with van der Waals surface area (Å²) >= 11 is 0. The first-order chi connectivity index (χ1) is 6.43. The van der Waals surface area contributed by atoms with E-state index in [2.05, 4.69) is 0 Å². The van der Waals surface area contributed by atoms with Gasteiger partial charge in [0, 0.05) is 5.56 Å². The van der Waals surface area contributed by atoms with Gasteiger partial charge in [0.15, 0.2) is 0 Å². The normalized spacial score (nSPS) is 7.72. The van der Waals surface area contributed by atoms with Crippen LogP contribution in [-0.4, -0.2) is 16.9 Å². The van der Waals surface area contributed by atoms with Gasteiger partial charge in [-0.05, 0) is 31.9 Å². The number of rotatable bonds is 2. The van der Waals surface area contributed by atoms with E-state index in [0.29, 0.717) is 5.56 Å². The second-order valence-electron chi connectivity index (χ2n) is 3.41. The van der Waals surface area contributed by atoms with E-state index < -0.39 is 11.8 Å². The third-order valence-corrected chi connectivity index (χ3v) is 2.10. The van der Waals surface area contributed by atoms with Crippen LogP contribution in [0.25, 0.3) is 0 Å². The second-order valence-corrected chi connectivity index (χ2v) is 3.41. The average molecular weight is 298 g/mol. The molecular weight excluding hydrogens is 280 g/mol. The summed E-state index contributed by atoms with van der Waals surface area (Å²) in [5, 5.41) is 8.60. The Kier molecular flexibility index (Phi) is 19.5. The summed E-state index contributed by atoms with van der Waals surface area (Å²) in [4.78, 5) is 21.8. The van der Waals surface area contributed by atoms with Gasteiger partial charge >= 0.3 is 94.6 Å². The molecule has 0 saturated carbocycles. The molecule has 1 aromatic rings. The largest absolute Gasteiger partial charge is 1.00 e. The van der Waals surface area contributed by atoms with Gasteiger partial charge in [0.25, 0.3) is 5.78 Å². The third-order valence-electron chi connectivity index (χ3n) is 2.10. The van der Waals surface area contributed by atoms with Gasteiger partial charge in [-0.25, -0.2) is 4.79 Å². The Morgan fingerprint density at radius 3 is 1.61 bits per heavy atom. The maximum absolute atomic E-state index is 11.3. The van der Waals surface area contributed by atoms with Crippen molar-refractivity contribution in [1.82, 2.24) is 0 Å². The second kappa shape index (κ2) is 12.5. The molecule has 1 N–H and O–H groups in total. The molecule has 18 heavy (non-hydrogen) atoms. The molecule has 7 heteroatoms. The predicted octanol–water partition coefficient (Wildman–Crippen LogP) is -6.71. The van der Waals surface area contributed by atoms with Crippen molar-refractivity contribution >= 4 is 21.7 Å². The van der Waals surface area contributed by atoms with Crippen LogP contribution in [0.15, 0.2) is 12.1 Å². The van der Waals surface area contributed by atoms with Gasteiger partial charge in [0.1, 0.15) is 0 Å². The van der Waals surface area contributed by atoms with Gasteiger partial charge in [-0.3, -0.25) is 4.79 Å². The molecule has 1 atom stereocenters. The van der Waals surface area contributed by atoms with Crippen LogP contribution in [0.1, 0.15) is 31.3 Å². The molecule has 0 fully saturated rings. The Hall–Kier alpha value is 1.79. The van der Waals surface area contributed by atoms with Crippen molar-refractivity contribution in [3.8, 4) is 0 Å². The summed E-state index contributed by atoms with van der Waals surface area (Å²) in [7, 11) is 0. The topological polar surface area (TPSA) is 54.4 Å². The Labute approximate surface area is 182 Å². The molecule has 0 spiro atoms. The van der Waals surface area contributed by atoms with Crippen molar-refractivity contribution in [3.05, 3.63) is 34.4 Å². The van der Waals surface area contributed by atoms with Crippen molar-refractivity contribution in [2.24, 2.45) is 0 Å². The molecule has 0 aromatic heterocycles. The maximum Gasteiger partial charge on any atom is 1.00 e. The molecule has 1 aromatic carbocycles. The Morgan fingerprint density at radius 1 is 1.00 bits per heavy atom. The maximum atomic E-state index is 11.3. The molecule has 3 nitrogen and oxygen atoms in total. The summed E-state index contributed by atoms with van der Waals surface area (Å²) in [6.45, 7) is 5.40. The molecule has 0 heterocycles. The minimum absolute atomic E-state index is 0. The standard InChI is InChI=1S/C11H12O3.3Na.H3P.3H/c1-6-4-7(2)9(8(3)5-6)10(12)11(13)14;;;;;;;/h4-5H,1-3H3,(H,13,14);;;;1H3;;;/q;3*+1;;3*-1. The SMILES string of the molecule is Cc1cc(C)c(C(=O)C(=O)O)c(C)c1.P.[H-].[H-].[H-].[Na+].[Na+].[Na+]. The number of Topliss-reactive ketones (excluding diaryl/α,β-unsaturated/α-hetero) is 1. The number of aliphatic carboxylic acids is 1. The minimum Gasteiger partial charge on any atom is -1.00 e. The average Bonchev–Trinajstić information content (AvgIpc) is 2.01. The van der Waals surface area contributed by atoms with E-state index in [0.717, 1.165) is 16.7 Å². The van der Waals surface area contributed by atoms with Gasteiger partial charge < -0.3 is 9.39 Å². The molecule has 0 aliphatic rings. The van der Waals surface area contributed by atoms with Crippen molar-refractivity contribution in [2.45, 2.75) is 20.8 Å². The van der Waals surface area contributed by atoms with Crippen molar-refractivity contribution in [3.63, 3.8) is 0 Å². The zero-order chi connectivity index (χ0) is 10.9. The van der Waals surface area contributed by atoms with Crippen LogP contribution >= 0.6 is 9.90 Å². The quantitative estimate of drug-likeness (QED) is 0.256. The molecule has 1 rings (SSSR count). The molecule has 0 amide bonds. The van der Waals surface area contributed by atoms with Crippen molar-refractivity contribution in [2.75, 3.05) is 0 Å². The van der Waals surface area contributed by atoms with Crippen molar-refractivity contribution < 1.29 is 108 Å². The van der Waals surface area contributed by atoms with E-state index in [1.165, 1.54) is 0 Å². The van der Waals surface area contributed by atoms with Crippen molar-refractivity contribution in [1.29, 1.82) is 0 Å². The number of hydrogen-bond donors (Lipinski definition) is 1. The monoisotopic (exact) mass is 298 g/mol. The van der Waals surface area contributed by atoms with Crippen LogP contribution in [0.2, 0.25) is 0 Å². The molecule has 0 saturated heterocycles. The van der Waals surface area contributed by atoms with Crippen LogP contribution in [0.4, 0.5) is 0 Å². The van der Waals surface area contributed by atoms with Crippen LogP contribution in [0.5, 0.6) is 0 Å². The molecule has 1 unspecified atom stereocenters. The van der Waals surface area contributed by atoms with Crippen LogP contribution in [0, 0.1) is 20.8 Å². The summed E-state index contributed by atoms with van der Waals surface area (Å²) in [5.74, 6) is -2.24. The molecule has 0 aliphatic carbocycles. The van der Waals surface area contributed by atoms with E-state index in [1.54, 1.807) is 13.8 Å². The van der Waals surface area contributed by atoms with Crippen LogP contribution < -0.4 is 88.7 Å².